The fourth-order valence-electron chi connectivity index (χ4n) is 3.40. The van der Waals surface area contributed by atoms with Gasteiger partial charge in [-0.3, -0.25) is 4.79 Å². The Hall–Kier alpha value is -2.09. The van der Waals surface area contributed by atoms with Crippen molar-refractivity contribution in [1.82, 2.24) is 9.62 Å². The summed E-state index contributed by atoms with van der Waals surface area (Å²) in [7, 11) is -3.55. The number of carbonyl (C=O) groups excluding carboxylic acids is 1. The first-order valence-electron chi connectivity index (χ1n) is 10.2. The molecule has 1 fully saturated rings. The van der Waals surface area contributed by atoms with Crippen LogP contribution in [0.2, 0.25) is 5.02 Å². The van der Waals surface area contributed by atoms with Gasteiger partial charge in [0.2, 0.25) is 15.9 Å². The zero-order valence-electron chi connectivity index (χ0n) is 16.8. The monoisotopic (exact) mass is 450 g/mol. The van der Waals surface area contributed by atoms with Crippen LogP contribution in [0.15, 0.2) is 59.5 Å². The van der Waals surface area contributed by atoms with Crippen LogP contribution in [-0.2, 0) is 14.8 Å². The Morgan fingerprint density at radius 3 is 2.37 bits per heavy atom. The third-order valence-corrected chi connectivity index (χ3v) is 7.32. The van der Waals surface area contributed by atoms with Crippen molar-refractivity contribution in [3.63, 3.8) is 0 Å². The van der Waals surface area contributed by atoms with E-state index >= 15 is 0 Å². The molecule has 1 saturated heterocycles. The van der Waals surface area contributed by atoms with Crippen LogP contribution >= 0.6 is 11.6 Å². The molecule has 162 valence electrons. The van der Waals surface area contributed by atoms with Gasteiger partial charge in [-0.25, -0.2) is 8.42 Å². The minimum absolute atomic E-state index is 0.00233. The molecule has 30 heavy (non-hydrogen) atoms. The first kappa shape index (κ1) is 22.6. The van der Waals surface area contributed by atoms with Crippen molar-refractivity contribution >= 4 is 27.5 Å². The molecule has 2 aromatic carbocycles. The van der Waals surface area contributed by atoms with Crippen LogP contribution in [0.5, 0.6) is 5.75 Å². The molecule has 0 radical (unpaired) electrons. The number of unbranched alkanes of at least 4 members (excludes halogenated alkanes) is 1. The number of halogens is 1. The number of piperidine rings is 1. The molecule has 1 N–H and O–H groups in total. The topological polar surface area (TPSA) is 75.7 Å². The second kappa shape index (κ2) is 10.8. The Balaban J connectivity index is 1.35. The molecule has 1 amide bonds. The Morgan fingerprint density at radius 1 is 1.03 bits per heavy atom. The molecule has 6 nitrogen and oxygen atoms in total. The number of carbonyl (C=O) groups is 1. The van der Waals surface area contributed by atoms with E-state index in [-0.39, 0.29) is 16.7 Å². The number of para-hydroxylation sites is 1. The van der Waals surface area contributed by atoms with Gasteiger partial charge in [0, 0.05) is 30.6 Å². The lowest BCUT2D eigenvalue weighted by atomic mass is 9.97. The van der Waals surface area contributed by atoms with Gasteiger partial charge < -0.3 is 10.1 Å². The van der Waals surface area contributed by atoms with E-state index in [9.17, 15) is 13.2 Å². The Labute approximate surface area is 183 Å². The molecular weight excluding hydrogens is 424 g/mol. The standard InChI is InChI=1S/C22H27ClN2O4S/c23-19-8-10-21(11-9-19)30(27,28)25-15-12-18(13-16-25)22(26)24-14-4-5-17-29-20-6-2-1-3-7-20/h1-3,6-11,18H,4-5,12-17H2,(H,24,26). The van der Waals surface area contributed by atoms with E-state index in [1.807, 2.05) is 30.3 Å². The van der Waals surface area contributed by atoms with Gasteiger partial charge in [-0.05, 0) is 62.1 Å². The molecule has 0 atom stereocenters. The van der Waals surface area contributed by atoms with Crippen molar-refractivity contribution in [2.45, 2.75) is 30.6 Å². The summed E-state index contributed by atoms with van der Waals surface area (Å²) in [5.41, 5.74) is 0. The fraction of sp³-hybridized carbons (Fsp3) is 0.409. The number of ether oxygens (including phenoxy) is 1. The summed E-state index contributed by atoms with van der Waals surface area (Å²) in [4.78, 5) is 12.6. The summed E-state index contributed by atoms with van der Waals surface area (Å²) >= 11 is 5.84. The molecule has 0 saturated carbocycles. The first-order valence-corrected chi connectivity index (χ1v) is 12.0. The average molecular weight is 451 g/mol. The molecule has 1 heterocycles. The number of nitrogens with zero attached hydrogens (tertiary/aromatic N) is 1. The van der Waals surface area contributed by atoms with Gasteiger partial charge >= 0.3 is 0 Å². The maximum Gasteiger partial charge on any atom is 0.243 e. The summed E-state index contributed by atoms with van der Waals surface area (Å²) < 4.78 is 32.5. The summed E-state index contributed by atoms with van der Waals surface area (Å²) in [6.45, 7) is 1.89. The van der Waals surface area contributed by atoms with Crippen molar-refractivity contribution in [2.75, 3.05) is 26.2 Å². The lowest BCUT2D eigenvalue weighted by molar-refractivity contribution is -0.126. The third-order valence-electron chi connectivity index (χ3n) is 5.16. The first-order chi connectivity index (χ1) is 14.5. The van der Waals surface area contributed by atoms with Crippen LogP contribution < -0.4 is 10.1 Å². The fourth-order valence-corrected chi connectivity index (χ4v) is 5.00. The smallest absolute Gasteiger partial charge is 0.243 e. The highest BCUT2D eigenvalue weighted by Gasteiger charge is 2.31. The number of rotatable bonds is 9. The number of benzene rings is 2. The molecule has 0 bridgehead atoms. The summed E-state index contributed by atoms with van der Waals surface area (Å²) in [6.07, 6.45) is 2.74. The highest BCUT2D eigenvalue weighted by atomic mass is 35.5. The minimum atomic E-state index is -3.55. The summed E-state index contributed by atoms with van der Waals surface area (Å²) in [5.74, 6) is 0.701. The van der Waals surface area contributed by atoms with Crippen molar-refractivity contribution in [1.29, 1.82) is 0 Å². The van der Waals surface area contributed by atoms with E-state index in [1.165, 1.54) is 16.4 Å². The zero-order valence-corrected chi connectivity index (χ0v) is 18.4. The van der Waals surface area contributed by atoms with Crippen LogP contribution in [0.4, 0.5) is 0 Å². The van der Waals surface area contributed by atoms with Crippen molar-refractivity contribution in [3.8, 4) is 5.75 Å². The lowest BCUT2D eigenvalue weighted by Gasteiger charge is -2.30. The van der Waals surface area contributed by atoms with E-state index in [0.717, 1.165) is 18.6 Å². The Kier molecular flexibility index (Phi) is 8.13. The van der Waals surface area contributed by atoms with Gasteiger partial charge in [-0.15, -0.1) is 0 Å². The summed E-state index contributed by atoms with van der Waals surface area (Å²) in [6, 6.07) is 15.8. The molecule has 1 aliphatic heterocycles. The van der Waals surface area contributed by atoms with E-state index in [2.05, 4.69) is 5.32 Å². The van der Waals surface area contributed by atoms with Gasteiger partial charge in [0.25, 0.3) is 0 Å². The van der Waals surface area contributed by atoms with Gasteiger partial charge in [-0.1, -0.05) is 29.8 Å². The van der Waals surface area contributed by atoms with Crippen LogP contribution in [0.1, 0.15) is 25.7 Å². The Morgan fingerprint density at radius 2 is 1.70 bits per heavy atom. The number of nitrogens with one attached hydrogen (secondary N) is 1. The molecule has 0 unspecified atom stereocenters. The van der Waals surface area contributed by atoms with Gasteiger partial charge in [0.15, 0.2) is 0 Å². The number of sulfonamides is 1. The predicted molar refractivity (Wildman–Crippen MR) is 117 cm³/mol. The number of hydrogen-bond donors (Lipinski definition) is 1. The molecule has 2 aromatic rings. The largest absolute Gasteiger partial charge is 0.494 e. The van der Waals surface area contributed by atoms with Crippen LogP contribution in [0.3, 0.4) is 0 Å². The van der Waals surface area contributed by atoms with Gasteiger partial charge in [0.05, 0.1) is 11.5 Å². The van der Waals surface area contributed by atoms with Crippen molar-refractivity contribution in [2.24, 2.45) is 5.92 Å². The number of hydrogen-bond acceptors (Lipinski definition) is 4. The van der Waals surface area contributed by atoms with Gasteiger partial charge in [0.1, 0.15) is 5.75 Å². The minimum Gasteiger partial charge on any atom is -0.494 e. The van der Waals surface area contributed by atoms with Crippen LogP contribution in [0, 0.1) is 5.92 Å². The van der Waals surface area contributed by atoms with Crippen LogP contribution in [-0.4, -0.2) is 44.9 Å². The zero-order chi connectivity index (χ0) is 21.4. The van der Waals surface area contributed by atoms with E-state index in [4.69, 9.17) is 16.3 Å². The highest BCUT2D eigenvalue weighted by molar-refractivity contribution is 7.89. The highest BCUT2D eigenvalue weighted by Crippen LogP contribution is 2.24. The molecule has 0 aliphatic carbocycles. The lowest BCUT2D eigenvalue weighted by Crippen LogP contribution is -2.43. The maximum absolute atomic E-state index is 12.7. The summed E-state index contributed by atoms with van der Waals surface area (Å²) in [5, 5.41) is 3.46. The van der Waals surface area contributed by atoms with Crippen molar-refractivity contribution < 1.29 is 17.9 Å². The van der Waals surface area contributed by atoms with Gasteiger partial charge in [-0.2, -0.15) is 4.31 Å². The molecule has 1 aliphatic rings. The van der Waals surface area contributed by atoms with E-state index in [0.29, 0.717) is 44.1 Å². The van der Waals surface area contributed by atoms with Crippen LogP contribution in [0.25, 0.3) is 0 Å². The second-order valence-corrected chi connectivity index (χ2v) is 9.67. The third kappa shape index (κ3) is 6.20. The Bertz CT molecular complexity index is 912. The molecule has 0 aromatic heterocycles. The predicted octanol–water partition coefficient (Wildman–Crippen LogP) is 3.72. The number of amides is 1. The second-order valence-electron chi connectivity index (χ2n) is 7.29. The van der Waals surface area contributed by atoms with E-state index in [1.54, 1.807) is 12.1 Å². The normalized spacial score (nSPS) is 15.6. The van der Waals surface area contributed by atoms with Crippen molar-refractivity contribution in [3.05, 3.63) is 59.6 Å². The molecule has 0 spiro atoms. The molecule has 3 rings (SSSR count). The molecular formula is C22H27ClN2O4S. The quantitative estimate of drug-likeness (QED) is 0.591. The average Bonchev–Trinajstić information content (AvgIpc) is 2.77. The SMILES string of the molecule is O=C(NCCCCOc1ccccc1)C1CCN(S(=O)(=O)c2ccc(Cl)cc2)CC1. The molecule has 8 heteroatoms. The maximum atomic E-state index is 12.7. The van der Waals surface area contributed by atoms with E-state index < -0.39 is 10.0 Å².